The molecule has 92 valence electrons. The number of aliphatic hydroxyl groups is 1. The molecule has 0 fully saturated rings. The minimum Gasteiger partial charge on any atom is -0.396 e. The van der Waals surface area contributed by atoms with Gasteiger partial charge in [0.15, 0.2) is 0 Å². The van der Waals surface area contributed by atoms with E-state index in [0.29, 0.717) is 12.6 Å². The minimum atomic E-state index is 0.219. The summed E-state index contributed by atoms with van der Waals surface area (Å²) < 4.78 is 0. The molecule has 0 saturated heterocycles. The summed E-state index contributed by atoms with van der Waals surface area (Å²) in [6.45, 7) is 2.86. The highest BCUT2D eigenvalue weighted by Gasteiger charge is 1.94. The Morgan fingerprint density at radius 3 is 2.25 bits per heavy atom. The van der Waals surface area contributed by atoms with Gasteiger partial charge in [0.2, 0.25) is 0 Å². The lowest BCUT2D eigenvalue weighted by Gasteiger charge is -2.03. The maximum absolute atomic E-state index is 7.99. The maximum Gasteiger partial charge on any atom is 0.0443 e. The number of hydrogen-bond acceptors (Lipinski definition) is 3. The molecular weight excluding hydrogens is 200 g/mol. The van der Waals surface area contributed by atoms with E-state index in [4.69, 9.17) is 16.6 Å². The van der Waals surface area contributed by atoms with Crippen LogP contribution in [-0.4, -0.2) is 24.3 Å². The van der Waals surface area contributed by atoms with Crippen molar-refractivity contribution in [2.24, 2.45) is 11.5 Å². The molecule has 16 heavy (non-hydrogen) atoms. The summed E-state index contributed by atoms with van der Waals surface area (Å²) in [5.41, 5.74) is 12.0. The van der Waals surface area contributed by atoms with Crippen LogP contribution in [0.4, 0.5) is 0 Å². The summed E-state index contributed by atoms with van der Waals surface area (Å²) in [5.74, 6) is 0. The molecule has 0 heterocycles. The van der Waals surface area contributed by atoms with E-state index < -0.39 is 0 Å². The highest BCUT2D eigenvalue weighted by atomic mass is 16.2. The van der Waals surface area contributed by atoms with E-state index in [9.17, 15) is 0 Å². The van der Waals surface area contributed by atoms with Crippen LogP contribution in [0.2, 0.25) is 0 Å². The van der Waals surface area contributed by atoms with Gasteiger partial charge in [-0.15, -0.1) is 0 Å². The number of benzene rings is 1. The second-order valence-electron chi connectivity index (χ2n) is 3.87. The monoisotopic (exact) mass is 224 g/mol. The van der Waals surface area contributed by atoms with Gasteiger partial charge in [-0.05, 0) is 38.3 Å². The van der Waals surface area contributed by atoms with E-state index in [1.807, 2.05) is 13.0 Å². The molecule has 0 radical (unpaired) electrons. The van der Waals surface area contributed by atoms with Crippen molar-refractivity contribution < 1.29 is 5.11 Å². The number of aliphatic hydroxyl groups excluding tert-OH is 1. The van der Waals surface area contributed by atoms with Gasteiger partial charge in [-0.25, -0.2) is 0 Å². The standard InChI is InChI=1S/C10H15N.C3H9NO/c1-9(11)7-8-10-5-3-2-4-6-10;4-2-1-3-5/h2-6,9H,7-8,11H2,1H3;5H,1-4H2. The molecule has 3 nitrogen and oxygen atoms in total. The first kappa shape index (κ1) is 15.1. The second kappa shape index (κ2) is 10.6. The average Bonchev–Trinajstić information content (AvgIpc) is 2.30. The van der Waals surface area contributed by atoms with E-state index in [1.165, 1.54) is 5.56 Å². The van der Waals surface area contributed by atoms with Crippen molar-refractivity contribution in [3.05, 3.63) is 35.9 Å². The minimum absolute atomic E-state index is 0.219. The van der Waals surface area contributed by atoms with Gasteiger partial charge in [-0.3, -0.25) is 0 Å². The van der Waals surface area contributed by atoms with Crippen molar-refractivity contribution in [2.45, 2.75) is 32.2 Å². The third kappa shape index (κ3) is 9.65. The molecule has 1 aromatic rings. The molecule has 1 atom stereocenters. The van der Waals surface area contributed by atoms with Crippen LogP contribution in [0, 0.1) is 0 Å². The quantitative estimate of drug-likeness (QED) is 0.706. The van der Waals surface area contributed by atoms with Crippen molar-refractivity contribution >= 4 is 0 Å². The van der Waals surface area contributed by atoms with Crippen molar-refractivity contribution in [2.75, 3.05) is 13.2 Å². The molecule has 0 aliphatic heterocycles. The van der Waals surface area contributed by atoms with Crippen LogP contribution in [-0.2, 0) is 6.42 Å². The van der Waals surface area contributed by atoms with E-state index in [1.54, 1.807) is 0 Å². The first-order valence-electron chi connectivity index (χ1n) is 5.81. The summed E-state index contributed by atoms with van der Waals surface area (Å²) in [7, 11) is 0. The summed E-state index contributed by atoms with van der Waals surface area (Å²) in [5, 5.41) is 7.99. The zero-order chi connectivity index (χ0) is 12.2. The van der Waals surface area contributed by atoms with Crippen LogP contribution >= 0.6 is 0 Å². The largest absolute Gasteiger partial charge is 0.396 e. The smallest absolute Gasteiger partial charge is 0.0443 e. The Morgan fingerprint density at radius 1 is 1.25 bits per heavy atom. The maximum atomic E-state index is 7.99. The Balaban J connectivity index is 0.000000385. The molecule has 0 amide bonds. The highest BCUT2D eigenvalue weighted by Crippen LogP contribution is 2.02. The Labute approximate surface area is 98.5 Å². The predicted octanol–water partition coefficient (Wildman–Crippen LogP) is 1.29. The van der Waals surface area contributed by atoms with Crippen LogP contribution in [0.1, 0.15) is 25.3 Å². The third-order valence-electron chi connectivity index (χ3n) is 2.09. The molecule has 0 aliphatic carbocycles. The molecule has 5 N–H and O–H groups in total. The van der Waals surface area contributed by atoms with Crippen LogP contribution in [0.15, 0.2) is 30.3 Å². The van der Waals surface area contributed by atoms with Crippen molar-refractivity contribution in [1.82, 2.24) is 0 Å². The lowest BCUT2D eigenvalue weighted by molar-refractivity contribution is 0.291. The summed E-state index contributed by atoms with van der Waals surface area (Å²) in [4.78, 5) is 0. The fourth-order valence-electron chi connectivity index (χ4n) is 1.13. The second-order valence-corrected chi connectivity index (χ2v) is 3.87. The molecular formula is C13H24N2O. The summed E-state index contributed by atoms with van der Waals surface area (Å²) >= 11 is 0. The lowest BCUT2D eigenvalue weighted by Crippen LogP contribution is -2.15. The van der Waals surface area contributed by atoms with Gasteiger partial charge in [-0.2, -0.15) is 0 Å². The number of hydrogen-bond donors (Lipinski definition) is 3. The highest BCUT2D eigenvalue weighted by molar-refractivity contribution is 5.14. The van der Waals surface area contributed by atoms with Crippen LogP contribution in [0.3, 0.4) is 0 Å². The zero-order valence-electron chi connectivity index (χ0n) is 10.1. The van der Waals surface area contributed by atoms with Gasteiger partial charge in [0, 0.05) is 12.6 Å². The van der Waals surface area contributed by atoms with Crippen molar-refractivity contribution in [3.8, 4) is 0 Å². The Hall–Kier alpha value is -0.900. The van der Waals surface area contributed by atoms with Gasteiger partial charge in [-0.1, -0.05) is 30.3 Å². The molecule has 0 spiro atoms. The normalized spacial score (nSPS) is 11.5. The van der Waals surface area contributed by atoms with Gasteiger partial charge < -0.3 is 16.6 Å². The Kier molecular flexibility index (Phi) is 10.0. The molecule has 1 aromatic carbocycles. The van der Waals surface area contributed by atoms with Crippen molar-refractivity contribution in [3.63, 3.8) is 0 Å². The molecule has 1 unspecified atom stereocenters. The van der Waals surface area contributed by atoms with Gasteiger partial charge >= 0.3 is 0 Å². The average molecular weight is 224 g/mol. The first-order chi connectivity index (χ1) is 7.70. The van der Waals surface area contributed by atoms with Gasteiger partial charge in [0.25, 0.3) is 0 Å². The predicted molar refractivity (Wildman–Crippen MR) is 69.2 cm³/mol. The lowest BCUT2D eigenvalue weighted by atomic mass is 10.1. The number of nitrogens with two attached hydrogens (primary N) is 2. The van der Waals surface area contributed by atoms with Gasteiger partial charge in [0.05, 0.1) is 0 Å². The molecule has 0 bridgehead atoms. The molecule has 1 rings (SSSR count). The van der Waals surface area contributed by atoms with E-state index in [-0.39, 0.29) is 6.61 Å². The number of aryl methyl sites for hydroxylation is 1. The van der Waals surface area contributed by atoms with Crippen LogP contribution in [0.5, 0.6) is 0 Å². The summed E-state index contributed by atoms with van der Waals surface area (Å²) in [6, 6.07) is 10.8. The third-order valence-corrected chi connectivity index (χ3v) is 2.09. The van der Waals surface area contributed by atoms with Crippen LogP contribution in [0.25, 0.3) is 0 Å². The fourth-order valence-corrected chi connectivity index (χ4v) is 1.13. The Bertz CT molecular complexity index is 235. The molecule has 3 heteroatoms. The van der Waals surface area contributed by atoms with Crippen LogP contribution < -0.4 is 11.5 Å². The van der Waals surface area contributed by atoms with Gasteiger partial charge in [0.1, 0.15) is 0 Å². The fraction of sp³-hybridized carbons (Fsp3) is 0.538. The molecule has 0 saturated carbocycles. The van der Waals surface area contributed by atoms with E-state index in [0.717, 1.165) is 19.3 Å². The first-order valence-corrected chi connectivity index (χ1v) is 5.81. The SMILES string of the molecule is CC(N)CCc1ccccc1.NCCCO. The molecule has 0 aromatic heterocycles. The van der Waals surface area contributed by atoms with Crippen molar-refractivity contribution in [1.29, 1.82) is 0 Å². The topological polar surface area (TPSA) is 72.3 Å². The Morgan fingerprint density at radius 2 is 1.88 bits per heavy atom. The molecule has 0 aliphatic rings. The van der Waals surface area contributed by atoms with E-state index >= 15 is 0 Å². The summed E-state index contributed by atoms with van der Waals surface area (Å²) in [6.07, 6.45) is 2.89. The zero-order valence-corrected chi connectivity index (χ0v) is 10.1. The number of rotatable bonds is 5. The van der Waals surface area contributed by atoms with E-state index in [2.05, 4.69) is 24.3 Å².